The number of rotatable bonds is 4. The Hall–Kier alpha value is -1.67. The van der Waals surface area contributed by atoms with Gasteiger partial charge in [0.15, 0.2) is 5.76 Å². The summed E-state index contributed by atoms with van der Waals surface area (Å²) in [5.74, 6) is 0.136. The summed E-state index contributed by atoms with van der Waals surface area (Å²) in [5.41, 5.74) is -0.0600. The molecular weight excluding hydrogens is 318 g/mol. The molecule has 1 aliphatic heterocycles. The predicted molar refractivity (Wildman–Crippen MR) is 85.3 cm³/mol. The van der Waals surface area contributed by atoms with Gasteiger partial charge < -0.3 is 9.42 Å². The van der Waals surface area contributed by atoms with Gasteiger partial charge in [0, 0.05) is 19.1 Å². The molecular formula is C15H23N3O4S. The van der Waals surface area contributed by atoms with E-state index in [4.69, 9.17) is 4.52 Å². The normalized spacial score (nSPS) is 21.2. The highest BCUT2D eigenvalue weighted by atomic mass is 32.2. The number of nitrogens with one attached hydrogen (secondary N) is 1. The molecule has 1 saturated heterocycles. The molecule has 128 valence electrons. The van der Waals surface area contributed by atoms with E-state index in [0.29, 0.717) is 25.2 Å². The quantitative estimate of drug-likeness (QED) is 0.835. The lowest BCUT2D eigenvalue weighted by atomic mass is 9.79. The van der Waals surface area contributed by atoms with Crippen molar-refractivity contribution in [3.8, 4) is 0 Å². The van der Waals surface area contributed by atoms with Crippen LogP contribution in [0.1, 0.15) is 31.7 Å². The van der Waals surface area contributed by atoms with Crippen LogP contribution in [0, 0.1) is 19.3 Å². The zero-order valence-corrected chi connectivity index (χ0v) is 14.7. The molecule has 1 N–H and O–H groups in total. The van der Waals surface area contributed by atoms with Gasteiger partial charge in [0.05, 0.1) is 0 Å². The second-order valence-corrected chi connectivity index (χ2v) is 8.22. The minimum absolute atomic E-state index is 0.0953. The molecule has 23 heavy (non-hydrogen) atoms. The maximum atomic E-state index is 12.7. The number of piperidine rings is 1. The van der Waals surface area contributed by atoms with E-state index in [1.165, 1.54) is 6.08 Å². The van der Waals surface area contributed by atoms with Gasteiger partial charge in [-0.05, 0) is 31.8 Å². The largest absolute Gasteiger partial charge is 0.360 e. The Morgan fingerprint density at radius 1 is 1.48 bits per heavy atom. The molecule has 0 aromatic carbocycles. The van der Waals surface area contributed by atoms with E-state index in [9.17, 15) is 13.2 Å². The van der Waals surface area contributed by atoms with E-state index in [1.54, 1.807) is 18.7 Å². The topological polar surface area (TPSA) is 92.5 Å². The fourth-order valence-corrected chi connectivity index (χ4v) is 4.77. The van der Waals surface area contributed by atoms with Crippen LogP contribution in [0.15, 0.2) is 22.1 Å². The zero-order valence-electron chi connectivity index (χ0n) is 13.9. The van der Waals surface area contributed by atoms with Gasteiger partial charge >= 0.3 is 0 Å². The first-order valence-electron chi connectivity index (χ1n) is 7.45. The van der Waals surface area contributed by atoms with Gasteiger partial charge in [0.25, 0.3) is 0 Å². The molecule has 2 heterocycles. The van der Waals surface area contributed by atoms with Crippen LogP contribution in [0.5, 0.6) is 0 Å². The zero-order chi connectivity index (χ0) is 17.4. The highest BCUT2D eigenvalue weighted by Gasteiger charge is 2.40. The van der Waals surface area contributed by atoms with Crippen molar-refractivity contribution in [3.05, 3.63) is 24.1 Å². The van der Waals surface area contributed by atoms with Gasteiger partial charge in [-0.1, -0.05) is 25.6 Å². The predicted octanol–water partition coefficient (Wildman–Crippen LogP) is 1.38. The number of nitrogens with zero attached hydrogens (tertiary/aromatic N) is 2. The van der Waals surface area contributed by atoms with Crippen molar-refractivity contribution in [2.45, 2.75) is 45.1 Å². The molecule has 0 radical (unpaired) electrons. The molecule has 8 heteroatoms. The molecule has 1 aromatic heterocycles. The van der Waals surface area contributed by atoms with Crippen LogP contribution in [0.4, 0.5) is 0 Å². The van der Waals surface area contributed by atoms with Gasteiger partial charge in [-0.2, -0.15) is 0 Å². The summed E-state index contributed by atoms with van der Waals surface area (Å²) in [4.78, 5) is 13.6. The number of aryl methyl sites for hydroxylation is 2. The van der Waals surface area contributed by atoms with E-state index < -0.39 is 15.4 Å². The molecule has 1 fully saturated rings. The fraction of sp³-hybridized carbons (Fsp3) is 0.600. The van der Waals surface area contributed by atoms with Gasteiger partial charge in [0.2, 0.25) is 15.9 Å². The molecule has 1 unspecified atom stereocenters. The van der Waals surface area contributed by atoms with Gasteiger partial charge in [-0.15, -0.1) is 0 Å². The van der Waals surface area contributed by atoms with Crippen LogP contribution in [0.25, 0.3) is 0 Å². The molecule has 1 aromatic rings. The van der Waals surface area contributed by atoms with Crippen LogP contribution < -0.4 is 4.72 Å². The lowest BCUT2D eigenvalue weighted by Crippen LogP contribution is -2.56. The van der Waals surface area contributed by atoms with Crippen LogP contribution in [0.3, 0.4) is 0 Å². The SMILES string of the molecule is C=CC(=O)N1CCC(NS(=O)(=O)c2c(C)noc2C)C(C)(C)C1. The van der Waals surface area contributed by atoms with Gasteiger partial charge in [0.1, 0.15) is 10.6 Å². The molecule has 0 aliphatic carbocycles. The van der Waals surface area contributed by atoms with Crippen molar-refractivity contribution in [1.29, 1.82) is 0 Å². The number of carbonyl (C=O) groups is 1. The van der Waals surface area contributed by atoms with Crippen molar-refractivity contribution in [2.75, 3.05) is 13.1 Å². The number of likely N-dealkylation sites (tertiary alicyclic amines) is 1. The summed E-state index contributed by atoms with van der Waals surface area (Å²) in [6.07, 6.45) is 1.82. The Labute approximate surface area is 136 Å². The van der Waals surface area contributed by atoms with E-state index >= 15 is 0 Å². The Kier molecular flexibility index (Phi) is 4.68. The number of hydrogen-bond donors (Lipinski definition) is 1. The minimum atomic E-state index is -3.72. The van der Waals surface area contributed by atoms with Crippen molar-refractivity contribution in [2.24, 2.45) is 5.41 Å². The summed E-state index contributed by atoms with van der Waals surface area (Å²) in [7, 11) is -3.72. The molecule has 1 aliphatic rings. The van der Waals surface area contributed by atoms with Gasteiger partial charge in [-0.3, -0.25) is 4.79 Å². The highest BCUT2D eigenvalue weighted by molar-refractivity contribution is 7.89. The number of carbonyl (C=O) groups excluding carboxylic acids is 1. The summed E-state index contributed by atoms with van der Waals surface area (Å²) in [6.45, 7) is 11.5. The fourth-order valence-electron chi connectivity index (χ4n) is 3.00. The average Bonchev–Trinajstić information content (AvgIpc) is 2.79. The van der Waals surface area contributed by atoms with E-state index in [1.807, 2.05) is 13.8 Å². The smallest absolute Gasteiger partial charge is 0.246 e. The lowest BCUT2D eigenvalue weighted by molar-refractivity contribution is -0.129. The monoisotopic (exact) mass is 341 g/mol. The van der Waals surface area contributed by atoms with Crippen molar-refractivity contribution >= 4 is 15.9 Å². The second kappa shape index (κ2) is 6.09. The Morgan fingerprint density at radius 3 is 2.61 bits per heavy atom. The summed E-state index contributed by atoms with van der Waals surface area (Å²) >= 11 is 0. The first-order chi connectivity index (χ1) is 10.6. The number of hydrogen-bond acceptors (Lipinski definition) is 5. The van der Waals surface area contributed by atoms with Crippen LogP contribution in [0.2, 0.25) is 0 Å². The summed E-state index contributed by atoms with van der Waals surface area (Å²) < 4.78 is 33.0. The van der Waals surface area contributed by atoms with Crippen molar-refractivity contribution in [3.63, 3.8) is 0 Å². The molecule has 0 saturated carbocycles. The average molecular weight is 341 g/mol. The Morgan fingerprint density at radius 2 is 2.13 bits per heavy atom. The van der Waals surface area contributed by atoms with Crippen LogP contribution in [-0.2, 0) is 14.8 Å². The first kappa shape index (κ1) is 17.7. The lowest BCUT2D eigenvalue weighted by Gasteiger charge is -2.44. The third-order valence-corrected chi connectivity index (χ3v) is 5.96. The maximum absolute atomic E-state index is 12.7. The Balaban J connectivity index is 2.21. The van der Waals surface area contributed by atoms with E-state index in [0.717, 1.165) is 0 Å². The van der Waals surface area contributed by atoms with Gasteiger partial charge in [-0.25, -0.2) is 13.1 Å². The van der Waals surface area contributed by atoms with Crippen LogP contribution >= 0.6 is 0 Å². The molecule has 2 rings (SSSR count). The van der Waals surface area contributed by atoms with Crippen LogP contribution in [-0.4, -0.2) is 43.5 Å². The highest BCUT2D eigenvalue weighted by Crippen LogP contribution is 2.31. The molecule has 1 atom stereocenters. The van der Waals surface area contributed by atoms with Crippen molar-refractivity contribution in [1.82, 2.24) is 14.8 Å². The van der Waals surface area contributed by atoms with E-state index in [-0.39, 0.29) is 22.6 Å². The first-order valence-corrected chi connectivity index (χ1v) is 8.93. The third-order valence-electron chi connectivity index (χ3n) is 4.25. The molecule has 0 spiro atoms. The molecule has 1 amide bonds. The summed E-state index contributed by atoms with van der Waals surface area (Å²) in [6, 6.07) is -0.282. The molecule has 0 bridgehead atoms. The number of aromatic nitrogens is 1. The Bertz CT molecular complexity index is 702. The van der Waals surface area contributed by atoms with E-state index in [2.05, 4.69) is 16.5 Å². The maximum Gasteiger partial charge on any atom is 0.246 e. The molecule has 7 nitrogen and oxygen atoms in total. The second-order valence-electron chi connectivity index (χ2n) is 6.57. The minimum Gasteiger partial charge on any atom is -0.360 e. The van der Waals surface area contributed by atoms with Crippen molar-refractivity contribution < 1.29 is 17.7 Å². The third kappa shape index (κ3) is 3.48. The number of amides is 1. The summed E-state index contributed by atoms with van der Waals surface area (Å²) in [5, 5.41) is 3.70. The standard InChI is InChI=1S/C15H23N3O4S/c1-6-13(19)18-8-7-12(15(4,5)9-18)17-23(20,21)14-10(2)16-22-11(14)3/h6,12,17H,1,7-9H2,2-5H3. The number of sulfonamides is 1.